The Morgan fingerprint density at radius 2 is 1.67 bits per heavy atom. The second-order valence-corrected chi connectivity index (χ2v) is 7.57. The van der Waals surface area contributed by atoms with Gasteiger partial charge in [0.15, 0.2) is 0 Å². The van der Waals surface area contributed by atoms with Crippen LogP contribution in [0.15, 0.2) is 66.4 Å². The second-order valence-electron chi connectivity index (χ2n) is 6.04. The van der Waals surface area contributed by atoms with E-state index in [9.17, 15) is 27.9 Å². The summed E-state index contributed by atoms with van der Waals surface area (Å²) in [4.78, 5) is 25.2. The van der Waals surface area contributed by atoms with E-state index in [-0.39, 0.29) is 0 Å². The minimum Gasteiger partial charge on any atom is -0.477 e. The predicted molar refractivity (Wildman–Crippen MR) is 109 cm³/mol. The average molecular weight is 452 g/mol. The van der Waals surface area contributed by atoms with E-state index in [2.05, 4.69) is 5.32 Å². The molecule has 0 saturated heterocycles. The normalized spacial score (nSPS) is 11.9. The maximum Gasteiger partial charge on any atom is 0.417 e. The number of carboxylic acids is 1. The van der Waals surface area contributed by atoms with Crippen LogP contribution in [0.2, 0.25) is 5.02 Å². The van der Waals surface area contributed by atoms with Crippen molar-refractivity contribution in [2.24, 2.45) is 0 Å². The lowest BCUT2D eigenvalue weighted by Gasteiger charge is -2.12. The number of hydrogen-bond donors (Lipinski definition) is 2. The maximum atomic E-state index is 13.1. The predicted octanol–water partition coefficient (Wildman–Crippen LogP) is 5.94. The number of rotatable bonds is 5. The molecule has 0 unspecified atom stereocenters. The van der Waals surface area contributed by atoms with Crippen LogP contribution in [-0.2, 0) is 11.0 Å². The Kier molecular flexibility index (Phi) is 6.28. The lowest BCUT2D eigenvalue weighted by molar-refractivity contribution is -0.138. The van der Waals surface area contributed by atoms with Crippen molar-refractivity contribution in [3.63, 3.8) is 0 Å². The number of carboxylic acid groups (broad SMARTS) is 1. The number of hydrogen-bond acceptors (Lipinski definition) is 3. The van der Waals surface area contributed by atoms with Crippen LogP contribution < -0.4 is 5.32 Å². The van der Waals surface area contributed by atoms with E-state index in [1.165, 1.54) is 23.5 Å². The van der Waals surface area contributed by atoms with Crippen molar-refractivity contribution >= 4 is 40.9 Å². The summed E-state index contributed by atoms with van der Waals surface area (Å²) in [5.74, 6) is -2.65. The van der Waals surface area contributed by atoms with E-state index in [0.29, 0.717) is 9.90 Å². The van der Waals surface area contributed by atoms with Crippen LogP contribution in [-0.4, -0.2) is 17.0 Å². The molecular formula is C21H13ClF3NO3S. The summed E-state index contributed by atoms with van der Waals surface area (Å²) >= 11 is 7.38. The summed E-state index contributed by atoms with van der Waals surface area (Å²) in [5, 5.41) is 12.0. The van der Waals surface area contributed by atoms with E-state index in [4.69, 9.17) is 11.6 Å². The zero-order valence-electron chi connectivity index (χ0n) is 15.0. The van der Waals surface area contributed by atoms with Crippen LogP contribution in [0.3, 0.4) is 0 Å². The molecule has 3 aromatic rings. The Bertz CT molecular complexity index is 1140. The fourth-order valence-electron chi connectivity index (χ4n) is 2.65. The van der Waals surface area contributed by atoms with E-state index >= 15 is 0 Å². The maximum absolute atomic E-state index is 13.1. The van der Waals surface area contributed by atoms with Crippen molar-refractivity contribution in [1.29, 1.82) is 0 Å². The summed E-state index contributed by atoms with van der Waals surface area (Å²) in [6.07, 6.45) is -3.57. The molecule has 0 saturated carbocycles. The molecule has 154 valence electrons. The number of carbonyl (C=O) groups excluding carboxylic acids is 1. The fourth-order valence-corrected chi connectivity index (χ4v) is 3.93. The van der Waals surface area contributed by atoms with E-state index < -0.39 is 34.9 Å². The first-order chi connectivity index (χ1) is 14.2. The van der Waals surface area contributed by atoms with Crippen molar-refractivity contribution in [2.45, 2.75) is 6.18 Å². The quantitative estimate of drug-likeness (QED) is 0.471. The molecule has 0 radical (unpaired) electrons. The average Bonchev–Trinajstić information content (AvgIpc) is 3.15. The Morgan fingerprint density at radius 3 is 2.33 bits per heavy atom. The number of thiophene rings is 1. The van der Waals surface area contributed by atoms with Gasteiger partial charge in [-0.25, -0.2) is 4.79 Å². The third kappa shape index (κ3) is 4.90. The van der Waals surface area contributed by atoms with Gasteiger partial charge in [0.1, 0.15) is 5.70 Å². The van der Waals surface area contributed by atoms with Gasteiger partial charge in [-0.2, -0.15) is 13.2 Å². The molecule has 0 atom stereocenters. The number of benzene rings is 2. The highest BCUT2D eigenvalue weighted by Crippen LogP contribution is 2.34. The highest BCUT2D eigenvalue weighted by atomic mass is 35.5. The SMILES string of the molecule is O=C(O)C(=Cc1ccc(-c2ccccc2Cl)s1)NC(=O)c1ccccc1C(F)(F)F. The molecule has 9 heteroatoms. The Balaban J connectivity index is 1.90. The third-order valence-electron chi connectivity index (χ3n) is 4.01. The smallest absolute Gasteiger partial charge is 0.417 e. The molecule has 0 bridgehead atoms. The zero-order chi connectivity index (χ0) is 21.9. The number of carbonyl (C=O) groups is 2. The molecule has 0 aliphatic heterocycles. The molecule has 0 aliphatic rings. The number of aliphatic carboxylic acids is 1. The molecule has 0 fully saturated rings. The van der Waals surface area contributed by atoms with Crippen LogP contribution in [0.4, 0.5) is 13.2 Å². The van der Waals surface area contributed by atoms with Crippen molar-refractivity contribution in [1.82, 2.24) is 5.32 Å². The fraction of sp³-hybridized carbons (Fsp3) is 0.0476. The molecule has 1 heterocycles. The summed E-state index contributed by atoms with van der Waals surface area (Å²) in [5.41, 5.74) is -1.61. The van der Waals surface area contributed by atoms with Gasteiger partial charge in [-0.1, -0.05) is 41.9 Å². The van der Waals surface area contributed by atoms with Crippen molar-refractivity contribution < 1.29 is 27.9 Å². The van der Waals surface area contributed by atoms with Gasteiger partial charge in [0.25, 0.3) is 5.91 Å². The molecule has 3 rings (SSSR count). The zero-order valence-corrected chi connectivity index (χ0v) is 16.6. The van der Waals surface area contributed by atoms with Gasteiger partial charge in [0.05, 0.1) is 11.1 Å². The van der Waals surface area contributed by atoms with Gasteiger partial charge in [0.2, 0.25) is 0 Å². The van der Waals surface area contributed by atoms with Gasteiger partial charge >= 0.3 is 12.1 Å². The standard InChI is InChI=1S/C21H13ClF3NO3S/c22-16-8-4-2-6-14(16)18-10-9-12(30-18)11-17(20(28)29)26-19(27)13-5-1-3-7-15(13)21(23,24)25/h1-11H,(H,26,27)(H,28,29). The largest absolute Gasteiger partial charge is 0.477 e. The number of nitrogens with one attached hydrogen (secondary N) is 1. The van der Waals surface area contributed by atoms with Gasteiger partial charge in [0, 0.05) is 20.3 Å². The highest BCUT2D eigenvalue weighted by molar-refractivity contribution is 7.16. The summed E-state index contributed by atoms with van der Waals surface area (Å²) in [7, 11) is 0. The Labute approximate surface area is 178 Å². The number of halogens is 4. The van der Waals surface area contributed by atoms with Crippen LogP contribution in [0.25, 0.3) is 16.5 Å². The van der Waals surface area contributed by atoms with Crippen LogP contribution in [0, 0.1) is 0 Å². The van der Waals surface area contributed by atoms with Gasteiger partial charge < -0.3 is 10.4 Å². The lowest BCUT2D eigenvalue weighted by atomic mass is 10.1. The molecule has 1 aromatic heterocycles. The molecule has 4 nitrogen and oxygen atoms in total. The van der Waals surface area contributed by atoms with Gasteiger partial charge in [-0.05, 0) is 36.4 Å². The van der Waals surface area contributed by atoms with Crippen molar-refractivity contribution in [2.75, 3.05) is 0 Å². The third-order valence-corrected chi connectivity index (χ3v) is 5.40. The number of amides is 1. The van der Waals surface area contributed by atoms with E-state index in [1.54, 1.807) is 36.4 Å². The molecule has 0 spiro atoms. The first-order valence-electron chi connectivity index (χ1n) is 8.44. The Hall–Kier alpha value is -3.10. The monoisotopic (exact) mass is 451 g/mol. The van der Waals surface area contributed by atoms with Crippen LogP contribution >= 0.6 is 22.9 Å². The van der Waals surface area contributed by atoms with Crippen LogP contribution in [0.5, 0.6) is 0 Å². The second kappa shape index (κ2) is 8.73. The minimum atomic E-state index is -4.75. The van der Waals surface area contributed by atoms with E-state index in [0.717, 1.165) is 28.6 Å². The Morgan fingerprint density at radius 1 is 1.00 bits per heavy atom. The molecule has 30 heavy (non-hydrogen) atoms. The summed E-state index contributed by atoms with van der Waals surface area (Å²) in [6, 6.07) is 14.6. The van der Waals surface area contributed by atoms with Crippen molar-refractivity contribution in [3.8, 4) is 10.4 Å². The summed E-state index contributed by atoms with van der Waals surface area (Å²) in [6.45, 7) is 0. The highest BCUT2D eigenvalue weighted by Gasteiger charge is 2.35. The first-order valence-corrected chi connectivity index (χ1v) is 9.63. The molecule has 0 aliphatic carbocycles. The number of alkyl halides is 3. The lowest BCUT2D eigenvalue weighted by Crippen LogP contribution is -2.29. The summed E-state index contributed by atoms with van der Waals surface area (Å²) < 4.78 is 39.4. The van der Waals surface area contributed by atoms with Gasteiger partial charge in [-0.3, -0.25) is 4.79 Å². The minimum absolute atomic E-state index is 0.478. The van der Waals surface area contributed by atoms with Crippen molar-refractivity contribution in [3.05, 3.63) is 87.4 Å². The molecular weight excluding hydrogens is 439 g/mol. The topological polar surface area (TPSA) is 66.4 Å². The molecule has 2 N–H and O–H groups in total. The molecule has 1 amide bonds. The van der Waals surface area contributed by atoms with E-state index in [1.807, 2.05) is 0 Å². The molecule has 2 aromatic carbocycles. The first kappa shape index (κ1) is 21.6. The van der Waals surface area contributed by atoms with Crippen LogP contribution in [0.1, 0.15) is 20.8 Å². The van der Waals surface area contributed by atoms with Gasteiger partial charge in [-0.15, -0.1) is 11.3 Å².